The van der Waals surface area contributed by atoms with Crippen molar-refractivity contribution in [3.63, 3.8) is 0 Å². The highest BCUT2D eigenvalue weighted by Gasteiger charge is 2.43. The van der Waals surface area contributed by atoms with Crippen molar-refractivity contribution in [2.75, 3.05) is 26.2 Å². The van der Waals surface area contributed by atoms with Crippen LogP contribution >= 0.6 is 0 Å². The van der Waals surface area contributed by atoms with Crippen molar-refractivity contribution in [1.82, 2.24) is 4.90 Å². The summed E-state index contributed by atoms with van der Waals surface area (Å²) in [4.78, 5) is 1.76. The van der Waals surface area contributed by atoms with Crippen molar-refractivity contribution in [1.29, 1.82) is 0 Å². The molecule has 1 aliphatic heterocycles. The van der Waals surface area contributed by atoms with Crippen LogP contribution in [0.15, 0.2) is 61.3 Å². The van der Waals surface area contributed by atoms with Gasteiger partial charge in [-0.3, -0.25) is 4.90 Å². The highest BCUT2D eigenvalue weighted by Crippen LogP contribution is 2.48. The maximum atomic E-state index is 13.1. The molecule has 1 saturated heterocycles. The smallest absolute Gasteiger partial charge is 0.272 e. The maximum Gasteiger partial charge on any atom is 0.272 e. The van der Waals surface area contributed by atoms with Gasteiger partial charge in [-0.25, -0.2) is 8.78 Å². The summed E-state index contributed by atoms with van der Waals surface area (Å²) in [6.45, 7) is 16.5. The minimum atomic E-state index is -2.54. The van der Waals surface area contributed by atoms with Crippen molar-refractivity contribution >= 4 is 0 Å². The molecule has 0 amide bonds. The third-order valence-corrected chi connectivity index (χ3v) is 6.48. The van der Waals surface area contributed by atoms with Gasteiger partial charge in [0.1, 0.15) is 0 Å². The van der Waals surface area contributed by atoms with E-state index in [1.54, 1.807) is 4.90 Å². The van der Waals surface area contributed by atoms with Gasteiger partial charge in [-0.05, 0) is 56.4 Å². The van der Waals surface area contributed by atoms with E-state index in [1.807, 2.05) is 31.2 Å². The number of alkyl halides is 2. The fraction of sp³-hybridized carbons (Fsp3) is 0.583. The Morgan fingerprint density at radius 1 is 1.32 bits per heavy atom. The zero-order valence-electron chi connectivity index (χ0n) is 17.3. The van der Waals surface area contributed by atoms with Gasteiger partial charge in [0.15, 0.2) is 0 Å². The molecule has 0 spiro atoms. The third-order valence-electron chi connectivity index (χ3n) is 6.48. The van der Waals surface area contributed by atoms with E-state index in [1.165, 1.54) is 0 Å². The summed E-state index contributed by atoms with van der Waals surface area (Å²) in [5.41, 5.74) is 1.94. The second-order valence-corrected chi connectivity index (χ2v) is 8.62. The fourth-order valence-corrected chi connectivity index (χ4v) is 4.63. The summed E-state index contributed by atoms with van der Waals surface area (Å²) >= 11 is 0. The molecule has 4 atom stereocenters. The summed E-state index contributed by atoms with van der Waals surface area (Å²) in [6.07, 6.45) is 12.8. The molecule has 0 aromatic carbocycles. The monoisotopic (exact) mass is 391 g/mol. The molecule has 2 unspecified atom stereocenters. The molecule has 0 radical (unpaired) electrons. The van der Waals surface area contributed by atoms with Gasteiger partial charge in [0.05, 0.1) is 19.7 Å². The molecule has 1 aliphatic carbocycles. The summed E-state index contributed by atoms with van der Waals surface area (Å²) in [7, 11) is 0. The van der Waals surface area contributed by atoms with Crippen molar-refractivity contribution in [2.45, 2.75) is 39.0 Å². The van der Waals surface area contributed by atoms with E-state index in [2.05, 4.69) is 32.7 Å². The third kappa shape index (κ3) is 5.30. The predicted molar refractivity (Wildman–Crippen MR) is 113 cm³/mol. The number of likely N-dealkylation sites (tertiary alicyclic amines) is 1. The lowest BCUT2D eigenvalue weighted by atomic mass is 9.60. The summed E-state index contributed by atoms with van der Waals surface area (Å²) in [5, 5.41) is 9.96. The van der Waals surface area contributed by atoms with Crippen LogP contribution < -0.4 is 0 Å². The van der Waals surface area contributed by atoms with E-state index in [0.29, 0.717) is 12.5 Å². The first-order valence-corrected chi connectivity index (χ1v) is 10.1. The summed E-state index contributed by atoms with van der Waals surface area (Å²) in [5.74, 6) is -1.76. The molecule has 2 aliphatic rings. The van der Waals surface area contributed by atoms with Gasteiger partial charge in [0.2, 0.25) is 0 Å². The molecule has 28 heavy (non-hydrogen) atoms. The van der Waals surface area contributed by atoms with Crippen LogP contribution in [0, 0.1) is 23.2 Å². The highest BCUT2D eigenvalue weighted by molar-refractivity contribution is 5.23. The van der Waals surface area contributed by atoms with E-state index in [0.717, 1.165) is 30.4 Å². The van der Waals surface area contributed by atoms with Gasteiger partial charge in [-0.2, -0.15) is 0 Å². The van der Waals surface area contributed by atoms with Crippen LogP contribution in [0.5, 0.6) is 0 Å². The lowest BCUT2D eigenvalue weighted by Gasteiger charge is -2.44. The molecule has 1 N–H and O–H groups in total. The molecule has 2 fully saturated rings. The topological polar surface area (TPSA) is 23.5 Å². The quantitative estimate of drug-likeness (QED) is 0.420. The van der Waals surface area contributed by atoms with Gasteiger partial charge in [-0.15, -0.1) is 13.2 Å². The number of halogens is 2. The Hall–Kier alpha value is -1.52. The molecule has 0 bridgehead atoms. The van der Waals surface area contributed by atoms with Gasteiger partial charge >= 0.3 is 0 Å². The lowest BCUT2D eigenvalue weighted by Crippen LogP contribution is -2.56. The molecule has 0 aromatic heterocycles. The van der Waals surface area contributed by atoms with Crippen molar-refractivity contribution in [3.8, 4) is 0 Å². The molecule has 2 nitrogen and oxygen atoms in total. The fourth-order valence-electron chi connectivity index (χ4n) is 4.63. The molecule has 0 aromatic rings. The largest absolute Gasteiger partial charge is 0.395 e. The minimum absolute atomic E-state index is 0.104. The molecular formula is C24H35F2NO. The average Bonchev–Trinajstić information content (AvgIpc) is 2.65. The van der Waals surface area contributed by atoms with Crippen molar-refractivity contribution in [2.24, 2.45) is 23.2 Å². The summed E-state index contributed by atoms with van der Waals surface area (Å²) < 4.78 is 26.2. The van der Waals surface area contributed by atoms with Crippen molar-refractivity contribution < 1.29 is 13.9 Å². The number of rotatable bonds is 9. The molecule has 2 rings (SSSR count). The van der Waals surface area contributed by atoms with Crippen LogP contribution in [0.3, 0.4) is 0 Å². The molecular weight excluding hydrogens is 356 g/mol. The Bertz CT molecular complexity index is 643. The summed E-state index contributed by atoms with van der Waals surface area (Å²) in [6, 6.07) is 0. The first-order chi connectivity index (χ1) is 13.2. The number of allylic oxidation sites excluding steroid dienone is 4. The zero-order valence-corrected chi connectivity index (χ0v) is 17.3. The second-order valence-electron chi connectivity index (χ2n) is 8.62. The first kappa shape index (κ1) is 22.8. The van der Waals surface area contributed by atoms with Crippen LogP contribution in [-0.2, 0) is 0 Å². The van der Waals surface area contributed by atoms with Gasteiger partial charge in [0, 0.05) is 12.0 Å². The van der Waals surface area contributed by atoms with E-state index in [9.17, 15) is 13.9 Å². The van der Waals surface area contributed by atoms with E-state index in [-0.39, 0.29) is 36.9 Å². The SMILES string of the molecule is C=CC(/C=C\C(=C/C)CN1CC(F)(F)C1)[C@@H]1C[C@@](C=C)(CO)CCC1C(=C)C. The molecule has 1 heterocycles. The number of hydrogen-bond acceptors (Lipinski definition) is 2. The Morgan fingerprint density at radius 3 is 2.46 bits per heavy atom. The van der Waals surface area contributed by atoms with Gasteiger partial charge in [-0.1, -0.05) is 42.5 Å². The number of hydrogen-bond donors (Lipinski definition) is 1. The molecule has 156 valence electrons. The standard InChI is InChI=1S/C24H35F2NO/c1-6-19(14-27-15-24(25,26)16-27)9-10-20(7-2)22-13-23(8-3,17-28)12-11-21(22)18(4)5/h6-10,20-22,28H,2-4,11-17H2,1,5H3/b10-9-,19-6+/t20?,21?,22-,23-/m0/s1. The van der Waals surface area contributed by atoms with Crippen molar-refractivity contribution in [3.05, 3.63) is 61.3 Å². The Kier molecular flexibility index (Phi) is 7.58. The number of aliphatic hydroxyl groups excluding tert-OH is 1. The van der Waals surface area contributed by atoms with E-state index < -0.39 is 5.92 Å². The lowest BCUT2D eigenvalue weighted by molar-refractivity contribution is -0.126. The van der Waals surface area contributed by atoms with Crippen LogP contribution in [0.25, 0.3) is 0 Å². The highest BCUT2D eigenvalue weighted by atomic mass is 19.3. The van der Waals surface area contributed by atoms with Crippen LogP contribution in [0.4, 0.5) is 8.78 Å². The second kappa shape index (κ2) is 9.32. The zero-order chi connectivity index (χ0) is 20.9. The maximum absolute atomic E-state index is 13.1. The predicted octanol–water partition coefficient (Wildman–Crippen LogP) is 5.40. The van der Waals surface area contributed by atoms with Gasteiger partial charge < -0.3 is 5.11 Å². The minimum Gasteiger partial charge on any atom is -0.395 e. The molecule has 4 heteroatoms. The van der Waals surface area contributed by atoms with Crippen LogP contribution in [-0.4, -0.2) is 42.2 Å². The van der Waals surface area contributed by atoms with Gasteiger partial charge in [0.25, 0.3) is 5.92 Å². The Morgan fingerprint density at radius 2 is 2.00 bits per heavy atom. The van der Waals surface area contributed by atoms with Crippen LogP contribution in [0.1, 0.15) is 33.1 Å². The normalized spacial score (nSPS) is 32.0. The first-order valence-electron chi connectivity index (χ1n) is 10.1. The van der Waals surface area contributed by atoms with E-state index >= 15 is 0 Å². The van der Waals surface area contributed by atoms with Crippen LogP contribution in [0.2, 0.25) is 0 Å². The Balaban J connectivity index is 2.13. The number of aliphatic hydroxyl groups is 1. The molecule has 1 saturated carbocycles. The number of nitrogens with zero attached hydrogens (tertiary/aromatic N) is 1. The van der Waals surface area contributed by atoms with E-state index in [4.69, 9.17) is 0 Å². The Labute approximate surface area is 169 Å². The average molecular weight is 392 g/mol.